The predicted molar refractivity (Wildman–Crippen MR) is 81.5 cm³/mol. The fourth-order valence-electron chi connectivity index (χ4n) is 1.63. The van der Waals surface area contributed by atoms with Crippen LogP contribution >= 0.6 is 0 Å². The minimum Gasteiger partial charge on any atom is -0.480 e. The van der Waals surface area contributed by atoms with Crippen molar-refractivity contribution in [2.45, 2.75) is 39.0 Å². The molecule has 1 atom stereocenters. The summed E-state index contributed by atoms with van der Waals surface area (Å²) in [4.78, 5) is 24.3. The molecule has 0 saturated heterocycles. The summed E-state index contributed by atoms with van der Waals surface area (Å²) in [5.41, 5.74) is 0.352. The fourth-order valence-corrected chi connectivity index (χ4v) is 1.63. The number of benzene rings is 1. The summed E-state index contributed by atoms with van der Waals surface area (Å²) in [5, 5.41) is 9.25. The second-order valence-electron chi connectivity index (χ2n) is 5.93. The number of carbonyl (C=O) groups is 2. The molecule has 122 valence electrons. The quantitative estimate of drug-likeness (QED) is 0.874. The van der Waals surface area contributed by atoms with Crippen molar-refractivity contribution in [2.24, 2.45) is 0 Å². The van der Waals surface area contributed by atoms with Gasteiger partial charge in [0.05, 0.1) is 12.2 Å². The average molecular weight is 309 g/mol. The molecular weight excluding hydrogens is 286 g/mol. The summed E-state index contributed by atoms with van der Waals surface area (Å²) in [6.45, 7) is 5.45. The zero-order valence-corrected chi connectivity index (χ0v) is 13.4. The van der Waals surface area contributed by atoms with Gasteiger partial charge in [0.15, 0.2) is 6.04 Å². The second kappa shape index (κ2) is 7.79. The van der Waals surface area contributed by atoms with Crippen molar-refractivity contribution < 1.29 is 24.2 Å². The van der Waals surface area contributed by atoms with E-state index in [-0.39, 0.29) is 13.2 Å². The SMILES string of the molecule is CN(C(=O)OCc1ccccc1)[C@H](COC(C)(C)C)C(=O)O. The maximum Gasteiger partial charge on any atom is 0.410 e. The van der Waals surface area contributed by atoms with E-state index >= 15 is 0 Å². The largest absolute Gasteiger partial charge is 0.480 e. The van der Waals surface area contributed by atoms with Gasteiger partial charge in [0.2, 0.25) is 0 Å². The molecule has 1 N–H and O–H groups in total. The zero-order chi connectivity index (χ0) is 16.8. The maximum atomic E-state index is 12.0. The lowest BCUT2D eigenvalue weighted by atomic mass is 10.2. The minimum absolute atomic E-state index is 0.0937. The first kappa shape index (κ1) is 18.0. The monoisotopic (exact) mass is 309 g/mol. The first-order chi connectivity index (χ1) is 10.2. The number of hydrogen-bond donors (Lipinski definition) is 1. The Hall–Kier alpha value is -2.08. The zero-order valence-electron chi connectivity index (χ0n) is 13.4. The van der Waals surface area contributed by atoms with Crippen molar-refractivity contribution in [1.29, 1.82) is 0 Å². The number of carboxylic acid groups (broad SMARTS) is 1. The van der Waals surface area contributed by atoms with Crippen LogP contribution in [0.5, 0.6) is 0 Å². The molecule has 1 rings (SSSR count). The van der Waals surface area contributed by atoms with Gasteiger partial charge in [-0.1, -0.05) is 30.3 Å². The Morgan fingerprint density at radius 3 is 2.32 bits per heavy atom. The van der Waals surface area contributed by atoms with Crippen LogP contribution < -0.4 is 0 Å². The van der Waals surface area contributed by atoms with Crippen LogP contribution in [0.25, 0.3) is 0 Å². The number of carboxylic acids is 1. The molecule has 0 radical (unpaired) electrons. The normalized spacial score (nSPS) is 12.5. The van der Waals surface area contributed by atoms with Crippen molar-refractivity contribution in [2.75, 3.05) is 13.7 Å². The molecule has 22 heavy (non-hydrogen) atoms. The van der Waals surface area contributed by atoms with E-state index in [1.165, 1.54) is 7.05 Å². The van der Waals surface area contributed by atoms with Gasteiger partial charge in [-0.25, -0.2) is 9.59 Å². The molecule has 0 aliphatic heterocycles. The molecule has 0 heterocycles. The van der Waals surface area contributed by atoms with Gasteiger partial charge in [-0.2, -0.15) is 0 Å². The van der Waals surface area contributed by atoms with Gasteiger partial charge in [0.1, 0.15) is 6.61 Å². The van der Waals surface area contributed by atoms with Gasteiger partial charge < -0.3 is 14.6 Å². The highest BCUT2D eigenvalue weighted by Crippen LogP contribution is 2.11. The van der Waals surface area contributed by atoms with E-state index in [1.54, 1.807) is 0 Å². The lowest BCUT2D eigenvalue weighted by molar-refractivity contribution is -0.146. The van der Waals surface area contributed by atoms with E-state index in [2.05, 4.69) is 0 Å². The van der Waals surface area contributed by atoms with E-state index in [0.717, 1.165) is 10.5 Å². The molecule has 0 aromatic heterocycles. The van der Waals surface area contributed by atoms with Crippen molar-refractivity contribution in [3.63, 3.8) is 0 Å². The van der Waals surface area contributed by atoms with Crippen LogP contribution in [0, 0.1) is 0 Å². The summed E-state index contributed by atoms with van der Waals surface area (Å²) in [5.74, 6) is -1.14. The molecule has 0 saturated carbocycles. The van der Waals surface area contributed by atoms with E-state index in [1.807, 2.05) is 51.1 Å². The minimum atomic E-state index is -1.14. The van der Waals surface area contributed by atoms with Gasteiger partial charge in [-0.3, -0.25) is 4.90 Å². The predicted octanol–water partition coefficient (Wildman–Crippen LogP) is 2.52. The summed E-state index contributed by atoms with van der Waals surface area (Å²) < 4.78 is 10.6. The van der Waals surface area contributed by atoms with E-state index in [9.17, 15) is 14.7 Å². The Labute approximate surface area is 130 Å². The number of aliphatic carboxylic acids is 1. The third-order valence-corrected chi connectivity index (χ3v) is 2.92. The molecule has 1 amide bonds. The summed E-state index contributed by atoms with van der Waals surface area (Å²) >= 11 is 0. The first-order valence-electron chi connectivity index (χ1n) is 7.01. The summed E-state index contributed by atoms with van der Waals surface area (Å²) in [7, 11) is 1.39. The molecule has 0 aliphatic rings. The number of ether oxygens (including phenoxy) is 2. The topological polar surface area (TPSA) is 76.1 Å². The van der Waals surface area contributed by atoms with Crippen LogP contribution in [0.1, 0.15) is 26.3 Å². The number of likely N-dealkylation sites (N-methyl/N-ethyl adjacent to an activating group) is 1. The molecule has 6 nitrogen and oxygen atoms in total. The third kappa shape index (κ3) is 6.13. The number of hydrogen-bond acceptors (Lipinski definition) is 4. The Balaban J connectivity index is 2.59. The molecule has 6 heteroatoms. The van der Waals surface area contributed by atoms with Crippen LogP contribution in [0.4, 0.5) is 4.79 Å². The summed E-state index contributed by atoms with van der Waals surface area (Å²) in [6, 6.07) is 8.09. The summed E-state index contributed by atoms with van der Waals surface area (Å²) in [6.07, 6.45) is -0.700. The van der Waals surface area contributed by atoms with E-state index < -0.39 is 23.7 Å². The smallest absolute Gasteiger partial charge is 0.410 e. The fraction of sp³-hybridized carbons (Fsp3) is 0.500. The third-order valence-electron chi connectivity index (χ3n) is 2.92. The van der Waals surface area contributed by atoms with Gasteiger partial charge in [-0.05, 0) is 26.3 Å². The van der Waals surface area contributed by atoms with Gasteiger partial charge in [0, 0.05) is 7.05 Å². The molecule has 0 unspecified atom stereocenters. The maximum absolute atomic E-state index is 12.0. The molecule has 0 bridgehead atoms. The van der Waals surface area contributed by atoms with Crippen molar-refractivity contribution in [3.05, 3.63) is 35.9 Å². The van der Waals surface area contributed by atoms with Gasteiger partial charge >= 0.3 is 12.1 Å². The number of carbonyl (C=O) groups excluding carboxylic acids is 1. The van der Waals surface area contributed by atoms with Crippen LogP contribution in [0.15, 0.2) is 30.3 Å². The first-order valence-corrected chi connectivity index (χ1v) is 7.01. The van der Waals surface area contributed by atoms with Crippen LogP contribution in [0.2, 0.25) is 0 Å². The Morgan fingerprint density at radius 2 is 1.82 bits per heavy atom. The average Bonchev–Trinajstić information content (AvgIpc) is 2.44. The lowest BCUT2D eigenvalue weighted by Crippen LogP contribution is -2.46. The van der Waals surface area contributed by atoms with Crippen LogP contribution in [-0.2, 0) is 20.9 Å². The Bertz CT molecular complexity index is 495. The highest BCUT2D eigenvalue weighted by Gasteiger charge is 2.29. The lowest BCUT2D eigenvalue weighted by Gasteiger charge is -2.27. The molecule has 0 spiro atoms. The number of rotatable bonds is 6. The highest BCUT2D eigenvalue weighted by atomic mass is 16.6. The molecule has 0 aliphatic carbocycles. The second-order valence-corrected chi connectivity index (χ2v) is 5.93. The molecule has 1 aromatic carbocycles. The van der Waals surface area contributed by atoms with Gasteiger partial charge in [-0.15, -0.1) is 0 Å². The van der Waals surface area contributed by atoms with Gasteiger partial charge in [0.25, 0.3) is 0 Å². The Morgan fingerprint density at radius 1 is 1.23 bits per heavy atom. The Kier molecular flexibility index (Phi) is 6.37. The highest BCUT2D eigenvalue weighted by molar-refractivity contribution is 5.80. The molecule has 1 aromatic rings. The standard InChI is InChI=1S/C16H23NO5/c1-16(2,3)22-11-13(14(18)19)17(4)15(20)21-10-12-8-6-5-7-9-12/h5-9,13H,10-11H2,1-4H3,(H,18,19)/t13-/m1/s1. The van der Waals surface area contributed by atoms with E-state index in [4.69, 9.17) is 9.47 Å². The van der Waals surface area contributed by atoms with Crippen LogP contribution in [0.3, 0.4) is 0 Å². The van der Waals surface area contributed by atoms with Crippen molar-refractivity contribution in [3.8, 4) is 0 Å². The number of amides is 1. The van der Waals surface area contributed by atoms with Crippen molar-refractivity contribution >= 4 is 12.1 Å². The van der Waals surface area contributed by atoms with Crippen LogP contribution in [-0.4, -0.2) is 47.4 Å². The number of nitrogens with zero attached hydrogens (tertiary/aromatic N) is 1. The molecular formula is C16H23NO5. The van der Waals surface area contributed by atoms with Crippen molar-refractivity contribution in [1.82, 2.24) is 4.90 Å². The van der Waals surface area contributed by atoms with E-state index in [0.29, 0.717) is 0 Å². The molecule has 0 fully saturated rings.